The van der Waals surface area contributed by atoms with Crippen molar-refractivity contribution in [3.63, 3.8) is 0 Å². The van der Waals surface area contributed by atoms with Crippen molar-refractivity contribution in [2.45, 2.75) is 26.3 Å². The van der Waals surface area contributed by atoms with Crippen LogP contribution in [0, 0.1) is 5.92 Å². The van der Waals surface area contributed by atoms with Gasteiger partial charge in [-0.15, -0.1) is 0 Å². The SMILES string of the molecule is CC1CCN(c2ccc(NC(=O)c3nc4ccccn4c3CN(C)C)cn2)CC1. The zero-order chi connectivity index (χ0) is 20.4. The van der Waals surface area contributed by atoms with Gasteiger partial charge in [-0.2, -0.15) is 0 Å². The van der Waals surface area contributed by atoms with Gasteiger partial charge in [0.05, 0.1) is 17.6 Å². The van der Waals surface area contributed by atoms with Crippen LogP contribution >= 0.6 is 0 Å². The number of anilines is 2. The number of carbonyl (C=O) groups is 1. The molecule has 1 amide bonds. The van der Waals surface area contributed by atoms with Crippen LogP contribution < -0.4 is 10.2 Å². The fourth-order valence-corrected chi connectivity index (χ4v) is 3.75. The molecule has 7 nitrogen and oxygen atoms in total. The van der Waals surface area contributed by atoms with Gasteiger partial charge in [-0.25, -0.2) is 9.97 Å². The molecule has 3 aromatic rings. The maximum atomic E-state index is 13.0. The zero-order valence-corrected chi connectivity index (χ0v) is 17.3. The highest BCUT2D eigenvalue weighted by Gasteiger charge is 2.20. The Kier molecular flexibility index (Phi) is 5.49. The van der Waals surface area contributed by atoms with Gasteiger partial charge >= 0.3 is 0 Å². The van der Waals surface area contributed by atoms with Crippen LogP contribution in [0.25, 0.3) is 5.65 Å². The summed E-state index contributed by atoms with van der Waals surface area (Å²) in [6.45, 7) is 5.00. The smallest absolute Gasteiger partial charge is 0.276 e. The monoisotopic (exact) mass is 392 g/mol. The molecule has 0 atom stereocenters. The molecular weight excluding hydrogens is 364 g/mol. The molecule has 1 N–H and O–H groups in total. The summed E-state index contributed by atoms with van der Waals surface area (Å²) >= 11 is 0. The maximum absolute atomic E-state index is 13.0. The Balaban J connectivity index is 1.52. The number of nitrogens with one attached hydrogen (secondary N) is 1. The van der Waals surface area contributed by atoms with Crippen LogP contribution in [0.2, 0.25) is 0 Å². The third-order valence-corrected chi connectivity index (χ3v) is 5.42. The maximum Gasteiger partial charge on any atom is 0.276 e. The minimum Gasteiger partial charge on any atom is -0.357 e. The molecule has 0 bridgehead atoms. The number of amides is 1. The van der Waals surface area contributed by atoms with E-state index < -0.39 is 0 Å². The van der Waals surface area contributed by atoms with E-state index in [1.807, 2.05) is 59.9 Å². The number of piperidine rings is 1. The second kappa shape index (κ2) is 8.21. The minimum atomic E-state index is -0.216. The molecule has 0 radical (unpaired) electrons. The van der Waals surface area contributed by atoms with E-state index in [1.54, 1.807) is 6.20 Å². The van der Waals surface area contributed by atoms with Crippen molar-refractivity contribution in [1.29, 1.82) is 0 Å². The molecule has 0 saturated carbocycles. The molecule has 0 aliphatic carbocycles. The molecular formula is C22H28N6O. The van der Waals surface area contributed by atoms with Crippen molar-refractivity contribution in [3.05, 3.63) is 54.1 Å². The summed E-state index contributed by atoms with van der Waals surface area (Å²) in [6.07, 6.45) is 6.06. The van der Waals surface area contributed by atoms with Gasteiger partial charge in [0.15, 0.2) is 5.69 Å². The lowest BCUT2D eigenvalue weighted by atomic mass is 9.99. The average molecular weight is 393 g/mol. The fraction of sp³-hybridized carbons (Fsp3) is 0.409. The lowest BCUT2D eigenvalue weighted by Gasteiger charge is -2.31. The Morgan fingerprint density at radius 2 is 2.00 bits per heavy atom. The third-order valence-electron chi connectivity index (χ3n) is 5.42. The number of fused-ring (bicyclic) bond motifs is 1. The summed E-state index contributed by atoms with van der Waals surface area (Å²) < 4.78 is 1.97. The summed E-state index contributed by atoms with van der Waals surface area (Å²) in [7, 11) is 3.96. The number of hydrogen-bond acceptors (Lipinski definition) is 5. The van der Waals surface area contributed by atoms with E-state index in [0.717, 1.165) is 36.2 Å². The van der Waals surface area contributed by atoms with Crippen LogP contribution in [0.3, 0.4) is 0 Å². The van der Waals surface area contributed by atoms with Gasteiger partial charge in [0.2, 0.25) is 0 Å². The molecule has 4 heterocycles. The lowest BCUT2D eigenvalue weighted by Crippen LogP contribution is -2.33. The van der Waals surface area contributed by atoms with E-state index in [1.165, 1.54) is 12.8 Å². The zero-order valence-electron chi connectivity index (χ0n) is 17.3. The molecule has 1 fully saturated rings. The Morgan fingerprint density at radius 3 is 2.69 bits per heavy atom. The molecule has 0 spiro atoms. The summed E-state index contributed by atoms with van der Waals surface area (Å²) in [5.41, 5.74) is 2.76. The Labute approximate surface area is 171 Å². The average Bonchev–Trinajstić information content (AvgIpc) is 3.07. The predicted octanol–water partition coefficient (Wildman–Crippen LogP) is 3.28. The second-order valence-corrected chi connectivity index (χ2v) is 8.10. The highest BCUT2D eigenvalue weighted by atomic mass is 16.1. The van der Waals surface area contributed by atoms with Gasteiger partial charge in [-0.1, -0.05) is 13.0 Å². The van der Waals surface area contributed by atoms with Crippen molar-refractivity contribution in [3.8, 4) is 0 Å². The molecule has 0 unspecified atom stereocenters. The molecule has 0 aromatic carbocycles. The minimum absolute atomic E-state index is 0.216. The van der Waals surface area contributed by atoms with E-state index in [2.05, 4.69) is 27.1 Å². The number of pyridine rings is 2. The molecule has 1 saturated heterocycles. The molecule has 4 rings (SSSR count). The van der Waals surface area contributed by atoms with Crippen molar-refractivity contribution in [2.75, 3.05) is 37.4 Å². The number of nitrogens with zero attached hydrogens (tertiary/aromatic N) is 5. The molecule has 29 heavy (non-hydrogen) atoms. The predicted molar refractivity (Wildman–Crippen MR) is 115 cm³/mol. The first-order valence-corrected chi connectivity index (χ1v) is 10.1. The number of carbonyl (C=O) groups excluding carboxylic acids is 1. The summed E-state index contributed by atoms with van der Waals surface area (Å²) in [6, 6.07) is 9.68. The van der Waals surface area contributed by atoms with E-state index in [4.69, 9.17) is 0 Å². The Morgan fingerprint density at radius 1 is 1.21 bits per heavy atom. The van der Waals surface area contributed by atoms with Gasteiger partial charge in [-0.05, 0) is 57.1 Å². The molecule has 152 valence electrons. The number of imidazole rings is 1. The first kappa shape index (κ1) is 19.4. The van der Waals surface area contributed by atoms with Crippen molar-refractivity contribution in [1.82, 2.24) is 19.3 Å². The quantitative estimate of drug-likeness (QED) is 0.722. The standard InChI is InChI=1S/C22H28N6O/c1-16-9-12-27(13-10-16)19-8-7-17(14-23-19)24-22(29)21-18(15-26(2)3)28-11-5-4-6-20(28)25-21/h4-8,11,14,16H,9-10,12-13,15H2,1-3H3,(H,24,29). The molecule has 3 aromatic heterocycles. The van der Waals surface area contributed by atoms with Crippen LogP contribution in [0.4, 0.5) is 11.5 Å². The van der Waals surface area contributed by atoms with Gasteiger partial charge in [-0.3, -0.25) is 4.79 Å². The van der Waals surface area contributed by atoms with Crippen LogP contribution in [-0.4, -0.2) is 52.4 Å². The highest BCUT2D eigenvalue weighted by molar-refractivity contribution is 6.04. The first-order valence-electron chi connectivity index (χ1n) is 10.1. The van der Waals surface area contributed by atoms with Crippen molar-refractivity contribution >= 4 is 23.1 Å². The lowest BCUT2D eigenvalue weighted by molar-refractivity contribution is 0.102. The van der Waals surface area contributed by atoms with Crippen LogP contribution in [0.15, 0.2) is 42.7 Å². The summed E-state index contributed by atoms with van der Waals surface area (Å²) in [5.74, 6) is 1.54. The van der Waals surface area contributed by atoms with Crippen LogP contribution in [0.1, 0.15) is 35.9 Å². The largest absolute Gasteiger partial charge is 0.357 e. The molecule has 1 aliphatic rings. The van der Waals surface area contributed by atoms with Gasteiger partial charge in [0.25, 0.3) is 5.91 Å². The van der Waals surface area contributed by atoms with E-state index in [9.17, 15) is 4.79 Å². The van der Waals surface area contributed by atoms with Gasteiger partial charge < -0.3 is 19.5 Å². The van der Waals surface area contributed by atoms with Gasteiger partial charge in [0.1, 0.15) is 11.5 Å². The fourth-order valence-electron chi connectivity index (χ4n) is 3.75. The second-order valence-electron chi connectivity index (χ2n) is 8.10. The summed E-state index contributed by atoms with van der Waals surface area (Å²) in [5, 5.41) is 2.96. The Hall–Kier alpha value is -2.93. The normalized spacial score (nSPS) is 15.2. The van der Waals surface area contributed by atoms with Crippen molar-refractivity contribution in [2.24, 2.45) is 5.92 Å². The van der Waals surface area contributed by atoms with E-state index in [0.29, 0.717) is 17.9 Å². The third kappa shape index (κ3) is 4.24. The van der Waals surface area contributed by atoms with Crippen LogP contribution in [0.5, 0.6) is 0 Å². The highest BCUT2D eigenvalue weighted by Crippen LogP contribution is 2.22. The number of rotatable bonds is 5. The van der Waals surface area contributed by atoms with Crippen LogP contribution in [-0.2, 0) is 6.54 Å². The molecule has 1 aliphatic heterocycles. The first-order chi connectivity index (χ1) is 14.0. The van der Waals surface area contributed by atoms with E-state index in [-0.39, 0.29) is 5.91 Å². The van der Waals surface area contributed by atoms with E-state index >= 15 is 0 Å². The Bertz CT molecular complexity index is 986. The number of hydrogen-bond donors (Lipinski definition) is 1. The topological polar surface area (TPSA) is 65.8 Å². The van der Waals surface area contributed by atoms with Crippen molar-refractivity contribution < 1.29 is 4.79 Å². The summed E-state index contributed by atoms with van der Waals surface area (Å²) in [4.78, 5) is 26.4. The number of aromatic nitrogens is 3. The molecule has 7 heteroatoms. The van der Waals surface area contributed by atoms with Gasteiger partial charge in [0, 0.05) is 25.8 Å².